The van der Waals surface area contributed by atoms with Crippen molar-refractivity contribution in [3.63, 3.8) is 0 Å². The second-order valence-corrected chi connectivity index (χ2v) is 4.80. The van der Waals surface area contributed by atoms with Crippen molar-refractivity contribution in [2.75, 3.05) is 18.1 Å². The smallest absolute Gasteiger partial charge is 0.327 e. The fraction of sp³-hybridized carbons (Fsp3) is 0.667. The Morgan fingerprint density at radius 2 is 1.94 bits per heavy atom. The molecule has 8 heteroatoms. The highest BCUT2D eigenvalue weighted by Crippen LogP contribution is 1.92. The molecule has 0 radical (unpaired) electrons. The van der Waals surface area contributed by atoms with Crippen molar-refractivity contribution >= 4 is 28.6 Å². The lowest BCUT2D eigenvalue weighted by Crippen LogP contribution is -2.44. The summed E-state index contributed by atoms with van der Waals surface area (Å²) in [6.07, 6.45) is 0. The lowest BCUT2D eigenvalue weighted by atomic mass is 10.3. The van der Waals surface area contributed by atoms with Crippen molar-refractivity contribution in [2.45, 2.75) is 19.9 Å². The van der Waals surface area contributed by atoms with E-state index < -0.39 is 34.6 Å². The molecule has 2 amide bonds. The van der Waals surface area contributed by atoms with Gasteiger partial charge in [-0.05, 0) is 6.92 Å². The van der Waals surface area contributed by atoms with Gasteiger partial charge >= 0.3 is 5.97 Å². The number of nitrogens with one attached hydrogen (secondary N) is 2. The molecule has 0 rings (SSSR count). The molecule has 1 unspecified atom stereocenters. The van der Waals surface area contributed by atoms with Gasteiger partial charge in [0.15, 0.2) is 0 Å². The highest BCUT2D eigenvalue weighted by Gasteiger charge is 2.22. The van der Waals surface area contributed by atoms with Crippen LogP contribution in [0.2, 0.25) is 0 Å². The Morgan fingerprint density at radius 3 is 2.35 bits per heavy atom. The number of carbonyl (C=O) groups excluding carboxylic acids is 2. The molecule has 0 aliphatic carbocycles. The molecule has 0 aromatic heterocycles. The first kappa shape index (κ1) is 15.6. The van der Waals surface area contributed by atoms with Gasteiger partial charge in [-0.3, -0.25) is 13.8 Å². The summed E-state index contributed by atoms with van der Waals surface area (Å²) in [5, 5.41) is 13.4. The van der Waals surface area contributed by atoms with Crippen molar-refractivity contribution in [1.82, 2.24) is 10.6 Å². The summed E-state index contributed by atoms with van der Waals surface area (Å²) >= 11 is 0. The van der Waals surface area contributed by atoms with E-state index in [2.05, 4.69) is 10.6 Å². The molecule has 0 spiro atoms. The third kappa shape index (κ3) is 7.45. The molecule has 0 bridgehead atoms. The molecule has 0 heterocycles. The number of carbonyl (C=O) groups is 3. The predicted octanol–water partition coefficient (Wildman–Crippen LogP) is -1.54. The molecule has 98 valence electrons. The Bertz CT molecular complexity index is 331. The van der Waals surface area contributed by atoms with Crippen LogP contribution in [-0.4, -0.2) is 51.2 Å². The maximum Gasteiger partial charge on any atom is 0.327 e. The Kier molecular flexibility index (Phi) is 7.11. The zero-order valence-electron chi connectivity index (χ0n) is 9.69. The van der Waals surface area contributed by atoms with Crippen LogP contribution in [0, 0.1) is 0 Å². The van der Waals surface area contributed by atoms with Crippen LogP contribution >= 0.6 is 0 Å². The van der Waals surface area contributed by atoms with Crippen molar-refractivity contribution in [2.24, 2.45) is 0 Å². The molecule has 2 atom stereocenters. The SMILES string of the molecule is CCNC(=O)CS(=O)C[C@H](NC(C)=O)C(=O)O. The fourth-order valence-corrected chi connectivity index (χ4v) is 2.17. The second-order valence-electron chi connectivity index (χ2n) is 3.30. The van der Waals surface area contributed by atoms with E-state index in [1.54, 1.807) is 6.92 Å². The van der Waals surface area contributed by atoms with Crippen molar-refractivity contribution in [1.29, 1.82) is 0 Å². The summed E-state index contributed by atoms with van der Waals surface area (Å²) in [7, 11) is -1.63. The van der Waals surface area contributed by atoms with E-state index in [0.29, 0.717) is 6.54 Å². The minimum Gasteiger partial charge on any atom is -0.480 e. The first-order valence-electron chi connectivity index (χ1n) is 4.98. The van der Waals surface area contributed by atoms with Crippen LogP contribution < -0.4 is 10.6 Å². The van der Waals surface area contributed by atoms with Gasteiger partial charge in [-0.1, -0.05) is 0 Å². The molecule has 0 aromatic rings. The number of carboxylic acid groups (broad SMARTS) is 1. The van der Waals surface area contributed by atoms with Gasteiger partial charge in [0.05, 0.1) is 5.75 Å². The van der Waals surface area contributed by atoms with Gasteiger partial charge in [-0.15, -0.1) is 0 Å². The number of aliphatic carboxylic acids is 1. The van der Waals surface area contributed by atoms with E-state index in [1.165, 1.54) is 6.92 Å². The Hall–Kier alpha value is -1.44. The molecular formula is C9H16N2O5S. The van der Waals surface area contributed by atoms with E-state index in [1.807, 2.05) is 0 Å². The molecule has 0 aromatic carbocycles. The van der Waals surface area contributed by atoms with Gasteiger partial charge in [-0.25, -0.2) is 4.79 Å². The van der Waals surface area contributed by atoms with Crippen LogP contribution in [0.3, 0.4) is 0 Å². The quantitative estimate of drug-likeness (QED) is 0.516. The number of hydrogen-bond acceptors (Lipinski definition) is 4. The van der Waals surface area contributed by atoms with Crippen LogP contribution in [0.15, 0.2) is 0 Å². The van der Waals surface area contributed by atoms with Crippen LogP contribution in [0.1, 0.15) is 13.8 Å². The van der Waals surface area contributed by atoms with E-state index in [0.717, 1.165) is 0 Å². The Labute approximate surface area is 101 Å². The molecule has 0 aliphatic rings. The number of hydrogen-bond donors (Lipinski definition) is 3. The van der Waals surface area contributed by atoms with E-state index in [9.17, 15) is 18.6 Å². The minimum absolute atomic E-state index is 0.267. The number of amides is 2. The molecule has 0 fully saturated rings. The van der Waals surface area contributed by atoms with E-state index in [4.69, 9.17) is 5.11 Å². The van der Waals surface area contributed by atoms with Gasteiger partial charge in [0.25, 0.3) is 0 Å². The monoisotopic (exact) mass is 264 g/mol. The summed E-state index contributed by atoms with van der Waals surface area (Å²) in [5.74, 6) is -2.75. The normalized spacial score (nSPS) is 13.5. The van der Waals surface area contributed by atoms with E-state index in [-0.39, 0.29) is 11.5 Å². The van der Waals surface area contributed by atoms with Crippen LogP contribution in [0.25, 0.3) is 0 Å². The predicted molar refractivity (Wildman–Crippen MR) is 61.8 cm³/mol. The standard InChI is InChI=1S/C9H16N2O5S/c1-3-10-8(13)5-17(16)4-7(9(14)15)11-6(2)12/h7H,3-5H2,1-2H3,(H,10,13)(H,11,12)(H,14,15)/t7-,17?/m0/s1. The van der Waals surface area contributed by atoms with Crippen LogP contribution in [0.5, 0.6) is 0 Å². The summed E-state index contributed by atoms with van der Waals surface area (Å²) in [5.41, 5.74) is 0. The molecule has 3 N–H and O–H groups in total. The maximum atomic E-state index is 11.5. The summed E-state index contributed by atoms with van der Waals surface area (Å²) < 4.78 is 11.5. The van der Waals surface area contributed by atoms with Gasteiger partial charge in [0, 0.05) is 24.3 Å². The van der Waals surface area contributed by atoms with Gasteiger partial charge < -0.3 is 15.7 Å². The lowest BCUT2D eigenvalue weighted by Gasteiger charge is -2.12. The third-order valence-electron chi connectivity index (χ3n) is 1.69. The molecule has 7 nitrogen and oxygen atoms in total. The van der Waals surface area contributed by atoms with Gasteiger partial charge in [-0.2, -0.15) is 0 Å². The van der Waals surface area contributed by atoms with Crippen molar-refractivity contribution in [3.8, 4) is 0 Å². The molecule has 0 saturated carbocycles. The summed E-state index contributed by atoms with van der Waals surface area (Å²) in [4.78, 5) is 32.5. The fourth-order valence-electron chi connectivity index (χ4n) is 1.06. The van der Waals surface area contributed by atoms with Crippen LogP contribution in [0.4, 0.5) is 0 Å². The van der Waals surface area contributed by atoms with Gasteiger partial charge in [0.2, 0.25) is 11.8 Å². The molecule has 17 heavy (non-hydrogen) atoms. The van der Waals surface area contributed by atoms with Crippen molar-refractivity contribution in [3.05, 3.63) is 0 Å². The van der Waals surface area contributed by atoms with E-state index >= 15 is 0 Å². The minimum atomic E-state index is -1.63. The molecular weight excluding hydrogens is 248 g/mol. The second kappa shape index (κ2) is 7.77. The first-order chi connectivity index (χ1) is 7.86. The molecule has 0 aliphatic heterocycles. The topological polar surface area (TPSA) is 113 Å². The number of rotatable bonds is 7. The Morgan fingerprint density at radius 1 is 1.35 bits per heavy atom. The third-order valence-corrected chi connectivity index (χ3v) is 2.98. The highest BCUT2D eigenvalue weighted by atomic mass is 32.2. The average molecular weight is 264 g/mol. The number of carboxylic acids is 1. The van der Waals surface area contributed by atoms with Gasteiger partial charge in [0.1, 0.15) is 11.8 Å². The van der Waals surface area contributed by atoms with Crippen molar-refractivity contribution < 1.29 is 23.7 Å². The zero-order valence-corrected chi connectivity index (χ0v) is 10.5. The largest absolute Gasteiger partial charge is 0.480 e. The average Bonchev–Trinajstić information content (AvgIpc) is 2.15. The summed E-state index contributed by atoms with van der Waals surface area (Å²) in [6, 6.07) is -1.23. The Balaban J connectivity index is 4.26. The molecule has 0 saturated heterocycles. The highest BCUT2D eigenvalue weighted by molar-refractivity contribution is 7.85. The first-order valence-corrected chi connectivity index (χ1v) is 6.47. The lowest BCUT2D eigenvalue weighted by molar-refractivity contribution is -0.140. The zero-order chi connectivity index (χ0) is 13.4. The maximum absolute atomic E-state index is 11.5. The summed E-state index contributed by atoms with van der Waals surface area (Å²) in [6.45, 7) is 3.31. The van der Waals surface area contributed by atoms with Crippen LogP contribution in [-0.2, 0) is 25.2 Å².